The fourth-order valence-electron chi connectivity index (χ4n) is 1.62. The molecule has 0 bridgehead atoms. The number of rotatable bonds is 8. The third-order valence-electron chi connectivity index (χ3n) is 2.70. The normalized spacial score (nSPS) is 11.3. The third kappa shape index (κ3) is 6.12. The van der Waals surface area contributed by atoms with Crippen LogP contribution in [0, 0.1) is 5.82 Å². The fourth-order valence-corrected chi connectivity index (χ4v) is 2.70. The molecule has 112 valence electrons. The van der Waals surface area contributed by atoms with E-state index in [1.807, 2.05) is 0 Å². The number of methoxy groups -OCH3 is 1. The first-order valence-corrected chi connectivity index (χ1v) is 7.87. The highest BCUT2D eigenvalue weighted by atomic mass is 32.2. The number of benzene rings is 1. The Balaban J connectivity index is 2.33. The van der Waals surface area contributed by atoms with Gasteiger partial charge in [0.25, 0.3) is 0 Å². The van der Waals surface area contributed by atoms with E-state index >= 15 is 0 Å². The Morgan fingerprint density at radius 1 is 1.35 bits per heavy atom. The van der Waals surface area contributed by atoms with Crippen molar-refractivity contribution in [1.29, 1.82) is 0 Å². The van der Waals surface area contributed by atoms with Gasteiger partial charge in [0.15, 0.2) is 0 Å². The van der Waals surface area contributed by atoms with E-state index in [9.17, 15) is 17.6 Å². The molecule has 0 unspecified atom stereocenters. The van der Waals surface area contributed by atoms with Crippen LogP contribution in [0.2, 0.25) is 0 Å². The van der Waals surface area contributed by atoms with Gasteiger partial charge >= 0.3 is 5.97 Å². The Morgan fingerprint density at radius 3 is 2.70 bits per heavy atom. The topological polar surface area (TPSA) is 72.5 Å². The van der Waals surface area contributed by atoms with Crippen LogP contribution in [-0.2, 0) is 26.0 Å². The average molecular weight is 303 g/mol. The van der Waals surface area contributed by atoms with Crippen molar-refractivity contribution in [3.8, 4) is 0 Å². The van der Waals surface area contributed by atoms with Crippen LogP contribution in [0.5, 0.6) is 0 Å². The number of hydrogen-bond acceptors (Lipinski definition) is 4. The van der Waals surface area contributed by atoms with Gasteiger partial charge < -0.3 is 4.74 Å². The molecule has 5 nitrogen and oxygen atoms in total. The highest BCUT2D eigenvalue weighted by Gasteiger charge is 2.11. The van der Waals surface area contributed by atoms with E-state index in [-0.39, 0.29) is 37.4 Å². The average Bonchev–Trinajstić information content (AvgIpc) is 2.40. The quantitative estimate of drug-likeness (QED) is 0.733. The van der Waals surface area contributed by atoms with Gasteiger partial charge in [-0.25, -0.2) is 17.5 Å². The Hall–Kier alpha value is -1.47. The molecule has 7 heteroatoms. The zero-order valence-electron chi connectivity index (χ0n) is 11.3. The third-order valence-corrected chi connectivity index (χ3v) is 4.17. The molecule has 1 aromatic rings. The van der Waals surface area contributed by atoms with Crippen molar-refractivity contribution in [3.05, 3.63) is 35.6 Å². The number of sulfonamides is 1. The largest absolute Gasteiger partial charge is 0.469 e. The van der Waals surface area contributed by atoms with Gasteiger partial charge in [-0.3, -0.25) is 4.79 Å². The minimum absolute atomic E-state index is 0.0602. The number of hydrogen-bond donors (Lipinski definition) is 1. The van der Waals surface area contributed by atoms with Crippen LogP contribution < -0.4 is 4.72 Å². The molecule has 0 fully saturated rings. The molecule has 1 aromatic carbocycles. The van der Waals surface area contributed by atoms with E-state index in [4.69, 9.17) is 0 Å². The van der Waals surface area contributed by atoms with Gasteiger partial charge in [0.2, 0.25) is 10.0 Å². The second kappa shape index (κ2) is 7.96. The molecule has 0 saturated carbocycles. The Kier molecular flexibility index (Phi) is 6.60. The van der Waals surface area contributed by atoms with Crippen molar-refractivity contribution < 1.29 is 22.3 Å². The molecule has 0 aliphatic carbocycles. The molecule has 0 amide bonds. The molecular formula is C13H18FNO4S. The molecular weight excluding hydrogens is 285 g/mol. The first-order valence-electron chi connectivity index (χ1n) is 6.22. The van der Waals surface area contributed by atoms with E-state index in [0.29, 0.717) is 5.56 Å². The summed E-state index contributed by atoms with van der Waals surface area (Å²) in [5.74, 6) is -0.941. The number of esters is 1. The molecule has 1 N–H and O–H groups in total. The summed E-state index contributed by atoms with van der Waals surface area (Å²) in [7, 11) is -2.20. The summed E-state index contributed by atoms with van der Waals surface area (Å²) < 4.78 is 43.3. The molecule has 0 aliphatic rings. The minimum Gasteiger partial charge on any atom is -0.469 e. The van der Waals surface area contributed by atoms with Crippen molar-refractivity contribution in [1.82, 2.24) is 4.72 Å². The highest BCUT2D eigenvalue weighted by Crippen LogP contribution is 2.06. The lowest BCUT2D eigenvalue weighted by Gasteiger charge is -2.07. The van der Waals surface area contributed by atoms with Crippen molar-refractivity contribution in [3.63, 3.8) is 0 Å². The lowest BCUT2D eigenvalue weighted by atomic mass is 10.1. The van der Waals surface area contributed by atoms with E-state index in [0.717, 1.165) is 0 Å². The maximum Gasteiger partial charge on any atom is 0.305 e. The maximum atomic E-state index is 13.3. The minimum atomic E-state index is -3.45. The lowest BCUT2D eigenvalue weighted by molar-refractivity contribution is -0.140. The van der Waals surface area contributed by atoms with Crippen LogP contribution in [0.4, 0.5) is 4.39 Å². The number of halogens is 1. The van der Waals surface area contributed by atoms with Gasteiger partial charge in [0, 0.05) is 13.0 Å². The standard InChI is InChI=1S/C13H18FNO4S/c1-19-13(16)7-4-10-20(17,18)15-9-8-11-5-2-3-6-12(11)14/h2-3,5-6,15H,4,7-10H2,1H3. The first-order chi connectivity index (χ1) is 9.44. The van der Waals surface area contributed by atoms with Crippen LogP contribution in [-0.4, -0.2) is 33.8 Å². The van der Waals surface area contributed by atoms with Crippen LogP contribution >= 0.6 is 0 Å². The van der Waals surface area contributed by atoms with Gasteiger partial charge in [0.05, 0.1) is 12.9 Å². The molecule has 0 aromatic heterocycles. The summed E-state index contributed by atoms with van der Waals surface area (Å²) in [6.07, 6.45) is 0.537. The highest BCUT2D eigenvalue weighted by molar-refractivity contribution is 7.89. The maximum absolute atomic E-state index is 13.3. The number of carbonyl (C=O) groups excluding carboxylic acids is 1. The van der Waals surface area contributed by atoms with Crippen LogP contribution in [0.3, 0.4) is 0 Å². The van der Waals surface area contributed by atoms with Crippen LogP contribution in [0.15, 0.2) is 24.3 Å². The summed E-state index contributed by atoms with van der Waals surface area (Å²) in [6, 6.07) is 6.22. The zero-order valence-corrected chi connectivity index (χ0v) is 12.1. The Morgan fingerprint density at radius 2 is 2.05 bits per heavy atom. The SMILES string of the molecule is COC(=O)CCCS(=O)(=O)NCCc1ccccc1F. The molecule has 0 saturated heterocycles. The van der Waals surface area contributed by atoms with Crippen molar-refractivity contribution >= 4 is 16.0 Å². The van der Waals surface area contributed by atoms with E-state index < -0.39 is 16.0 Å². The number of carbonyl (C=O) groups is 1. The molecule has 0 spiro atoms. The molecule has 0 radical (unpaired) electrons. The monoisotopic (exact) mass is 303 g/mol. The summed E-state index contributed by atoms with van der Waals surface area (Å²) in [5, 5.41) is 0. The summed E-state index contributed by atoms with van der Waals surface area (Å²) >= 11 is 0. The predicted molar refractivity (Wildman–Crippen MR) is 73.1 cm³/mol. The van der Waals surface area contributed by atoms with Gasteiger partial charge in [0.1, 0.15) is 5.82 Å². The lowest BCUT2D eigenvalue weighted by Crippen LogP contribution is -2.28. The van der Waals surface area contributed by atoms with Gasteiger partial charge in [-0.1, -0.05) is 18.2 Å². The predicted octanol–water partition coefficient (Wildman–Crippen LogP) is 1.24. The first kappa shape index (κ1) is 16.6. The van der Waals surface area contributed by atoms with Gasteiger partial charge in [-0.05, 0) is 24.5 Å². The zero-order chi connectivity index (χ0) is 15.0. The molecule has 0 atom stereocenters. The van der Waals surface area contributed by atoms with Crippen LogP contribution in [0.25, 0.3) is 0 Å². The molecule has 0 aliphatic heterocycles. The van der Waals surface area contributed by atoms with E-state index in [1.54, 1.807) is 18.2 Å². The second-order valence-corrected chi connectivity index (χ2v) is 6.16. The fraction of sp³-hybridized carbons (Fsp3) is 0.462. The van der Waals surface area contributed by atoms with Gasteiger partial charge in [-0.2, -0.15) is 0 Å². The molecule has 1 rings (SSSR count). The van der Waals surface area contributed by atoms with Crippen molar-refractivity contribution in [2.24, 2.45) is 0 Å². The summed E-state index contributed by atoms with van der Waals surface area (Å²) in [5.41, 5.74) is 0.463. The van der Waals surface area contributed by atoms with Gasteiger partial charge in [-0.15, -0.1) is 0 Å². The molecule has 0 heterocycles. The summed E-state index contributed by atoms with van der Waals surface area (Å²) in [6.45, 7) is 0.126. The van der Waals surface area contributed by atoms with Crippen molar-refractivity contribution in [2.75, 3.05) is 19.4 Å². The summed E-state index contributed by atoms with van der Waals surface area (Å²) in [4.78, 5) is 10.9. The smallest absolute Gasteiger partial charge is 0.305 e. The van der Waals surface area contributed by atoms with Crippen molar-refractivity contribution in [2.45, 2.75) is 19.3 Å². The Labute approximate surface area is 118 Å². The van der Waals surface area contributed by atoms with E-state index in [2.05, 4.69) is 9.46 Å². The molecule has 20 heavy (non-hydrogen) atoms. The number of ether oxygens (including phenoxy) is 1. The van der Waals surface area contributed by atoms with E-state index in [1.165, 1.54) is 13.2 Å². The Bertz CT molecular complexity index is 545. The van der Waals surface area contributed by atoms with Crippen LogP contribution in [0.1, 0.15) is 18.4 Å². The second-order valence-electron chi connectivity index (χ2n) is 4.23. The number of nitrogens with one attached hydrogen (secondary N) is 1.